The molecule has 0 aromatic heterocycles. The topological polar surface area (TPSA) is 0 Å². The van der Waals surface area contributed by atoms with Crippen LogP contribution in [0.15, 0.2) is 146 Å². The molecule has 0 aliphatic rings. The second-order valence-corrected chi connectivity index (χ2v) is 15.0. The SMILES string of the molecule is CC(C)(C)c1cc2c(-c3cccc4ccccc34)cccc2[cH-]1.CC(C)(C)c1cc2c(-c3cccc4ccccc34)cccc2[cH-]1.[CH2-]C[CH2-].[Cl-].[Cl-].[Zr+2]. The molecule has 0 radical (unpaired) electrons. The number of hydrogen-bond acceptors (Lipinski definition) is 0. The van der Waals surface area contributed by atoms with E-state index in [2.05, 4.69) is 201 Å². The van der Waals surface area contributed by atoms with Crippen molar-refractivity contribution in [1.82, 2.24) is 0 Å². The fourth-order valence-corrected chi connectivity index (χ4v) is 6.73. The predicted molar refractivity (Wildman–Crippen MR) is 218 cm³/mol. The second kappa shape index (κ2) is 18.0. The van der Waals surface area contributed by atoms with E-state index in [1.165, 1.54) is 76.5 Å². The van der Waals surface area contributed by atoms with Gasteiger partial charge in [-0.1, -0.05) is 150 Å². The van der Waals surface area contributed by atoms with E-state index in [0.29, 0.717) is 0 Å². The minimum absolute atomic E-state index is 0. The molecule has 0 aliphatic carbocycles. The third-order valence-electron chi connectivity index (χ3n) is 9.39. The molecule has 3 heteroatoms. The molecule has 266 valence electrons. The Labute approximate surface area is 343 Å². The van der Waals surface area contributed by atoms with Gasteiger partial charge >= 0.3 is 26.2 Å². The monoisotopic (exact) mass is 796 g/mol. The molecule has 0 atom stereocenters. The number of halogens is 2. The van der Waals surface area contributed by atoms with Gasteiger partial charge in [-0.3, -0.25) is 0 Å². The fraction of sp³-hybridized carbons (Fsp3) is 0.184. The number of fused-ring (bicyclic) bond motifs is 4. The number of rotatable bonds is 2. The molecule has 0 saturated carbocycles. The first-order chi connectivity index (χ1) is 23.5. The Morgan fingerprint density at radius 1 is 0.423 bits per heavy atom. The Kier molecular flexibility index (Phi) is 14.9. The summed E-state index contributed by atoms with van der Waals surface area (Å²) in [6.07, 6.45) is 0.750. The van der Waals surface area contributed by atoms with Gasteiger partial charge in [-0.05, 0) is 43.5 Å². The number of benzene rings is 6. The van der Waals surface area contributed by atoms with Crippen molar-refractivity contribution in [2.45, 2.75) is 58.8 Å². The average molecular weight is 799 g/mol. The molecule has 0 N–H and O–H groups in total. The van der Waals surface area contributed by atoms with Crippen LogP contribution in [0, 0.1) is 13.8 Å². The molecule has 0 fully saturated rings. The van der Waals surface area contributed by atoms with Crippen molar-refractivity contribution < 1.29 is 51.0 Å². The molecule has 8 aromatic carbocycles. The number of hydrogen-bond donors (Lipinski definition) is 0. The summed E-state index contributed by atoms with van der Waals surface area (Å²) in [6, 6.07) is 53.1. The van der Waals surface area contributed by atoms with Gasteiger partial charge < -0.3 is 45.1 Å². The van der Waals surface area contributed by atoms with Crippen LogP contribution in [-0.2, 0) is 37.0 Å². The van der Waals surface area contributed by atoms with Gasteiger partial charge in [0.2, 0.25) is 0 Å². The van der Waals surface area contributed by atoms with Gasteiger partial charge in [0.15, 0.2) is 0 Å². The van der Waals surface area contributed by atoms with Gasteiger partial charge in [0.1, 0.15) is 0 Å². The Balaban J connectivity index is 0.000000248. The van der Waals surface area contributed by atoms with E-state index in [4.69, 9.17) is 0 Å². The first-order valence-electron chi connectivity index (χ1n) is 17.4. The molecule has 0 aliphatic heterocycles. The van der Waals surface area contributed by atoms with Crippen LogP contribution in [0.25, 0.3) is 65.3 Å². The van der Waals surface area contributed by atoms with Crippen LogP contribution in [-0.4, -0.2) is 0 Å². The first kappa shape index (κ1) is 42.9. The molecule has 8 aromatic rings. The van der Waals surface area contributed by atoms with Crippen molar-refractivity contribution >= 4 is 43.1 Å². The third-order valence-corrected chi connectivity index (χ3v) is 9.39. The molecule has 0 spiro atoms. The van der Waals surface area contributed by atoms with E-state index in [1.54, 1.807) is 0 Å². The quantitative estimate of drug-likeness (QED) is 0.154. The largest absolute Gasteiger partial charge is 2.00 e. The summed E-state index contributed by atoms with van der Waals surface area (Å²) in [5, 5.41) is 10.6. The summed E-state index contributed by atoms with van der Waals surface area (Å²) >= 11 is 0. The molecule has 0 nitrogen and oxygen atoms in total. The minimum atomic E-state index is 0. The zero-order chi connectivity index (χ0) is 34.8. The van der Waals surface area contributed by atoms with Crippen molar-refractivity contribution in [3.8, 4) is 22.3 Å². The van der Waals surface area contributed by atoms with Crippen molar-refractivity contribution in [2.75, 3.05) is 0 Å². The van der Waals surface area contributed by atoms with E-state index in [1.807, 2.05) is 0 Å². The first-order valence-corrected chi connectivity index (χ1v) is 17.4. The molecule has 8 rings (SSSR count). The van der Waals surface area contributed by atoms with Crippen LogP contribution in [0.2, 0.25) is 0 Å². The smallest absolute Gasteiger partial charge is 1.00 e. The molecule has 0 amide bonds. The molecule has 0 unspecified atom stereocenters. The van der Waals surface area contributed by atoms with Crippen LogP contribution < -0.4 is 24.8 Å². The van der Waals surface area contributed by atoms with E-state index in [0.717, 1.165) is 6.42 Å². The molecule has 0 heterocycles. The van der Waals surface area contributed by atoms with E-state index >= 15 is 0 Å². The molecular weight excluding hydrogens is 751 g/mol. The van der Waals surface area contributed by atoms with Crippen molar-refractivity contribution in [3.05, 3.63) is 171 Å². The van der Waals surface area contributed by atoms with Gasteiger partial charge in [0.05, 0.1) is 0 Å². The van der Waals surface area contributed by atoms with Gasteiger partial charge in [-0.25, -0.2) is 0 Å². The Morgan fingerprint density at radius 2 is 0.712 bits per heavy atom. The zero-order valence-corrected chi connectivity index (χ0v) is 35.2. The maximum absolute atomic E-state index is 3.38. The maximum Gasteiger partial charge on any atom is 2.00 e. The predicted octanol–water partition coefficient (Wildman–Crippen LogP) is 8.40. The summed E-state index contributed by atoms with van der Waals surface area (Å²) in [6.45, 7) is 20.4. The van der Waals surface area contributed by atoms with Crippen LogP contribution in [0.5, 0.6) is 0 Å². The van der Waals surface area contributed by atoms with Gasteiger partial charge in [0.25, 0.3) is 0 Å². The van der Waals surface area contributed by atoms with Crippen molar-refractivity contribution in [1.29, 1.82) is 0 Å². The Morgan fingerprint density at radius 3 is 1.06 bits per heavy atom. The zero-order valence-electron chi connectivity index (χ0n) is 31.2. The summed E-state index contributed by atoms with van der Waals surface area (Å²) in [5.41, 5.74) is 8.45. The molecule has 52 heavy (non-hydrogen) atoms. The van der Waals surface area contributed by atoms with E-state index in [-0.39, 0.29) is 61.8 Å². The molecule has 0 bridgehead atoms. The fourth-order valence-electron chi connectivity index (χ4n) is 6.73. The summed E-state index contributed by atoms with van der Waals surface area (Å²) < 4.78 is 0. The summed E-state index contributed by atoms with van der Waals surface area (Å²) in [5.74, 6) is 0. The Hall–Kier alpha value is -3.48. The summed E-state index contributed by atoms with van der Waals surface area (Å²) in [4.78, 5) is 0. The van der Waals surface area contributed by atoms with Crippen LogP contribution in [0.3, 0.4) is 0 Å². The standard InChI is InChI=1S/2C23H21.C3H6.2ClH.Zr/c2*1-23(2,3)18-14-17-10-7-13-21(22(17)15-18)20-12-6-9-16-8-4-5-11-19(16)20;1-3-2;;;/h2*4-15H,1-3H3;1-3H2;2*1H;/q2*-1;-2;;;+2/p-2. The van der Waals surface area contributed by atoms with Crippen LogP contribution >= 0.6 is 0 Å². The van der Waals surface area contributed by atoms with E-state index < -0.39 is 0 Å². The van der Waals surface area contributed by atoms with Crippen LogP contribution in [0.1, 0.15) is 59.1 Å². The Bertz CT molecular complexity index is 2180. The van der Waals surface area contributed by atoms with Gasteiger partial charge in [-0.15, -0.1) is 69.1 Å². The molecule has 0 saturated heterocycles. The van der Waals surface area contributed by atoms with Gasteiger partial charge in [-0.2, -0.15) is 12.1 Å². The van der Waals surface area contributed by atoms with Crippen LogP contribution in [0.4, 0.5) is 0 Å². The van der Waals surface area contributed by atoms with Gasteiger partial charge in [0, 0.05) is 0 Å². The minimum Gasteiger partial charge on any atom is -1.00 e. The summed E-state index contributed by atoms with van der Waals surface area (Å²) in [7, 11) is 0. The third kappa shape index (κ3) is 9.17. The normalized spacial score (nSPS) is 11.1. The second-order valence-electron chi connectivity index (χ2n) is 15.0. The average Bonchev–Trinajstić information content (AvgIpc) is 3.74. The van der Waals surface area contributed by atoms with Crippen molar-refractivity contribution in [2.24, 2.45) is 0 Å². The van der Waals surface area contributed by atoms with E-state index in [9.17, 15) is 0 Å². The molecular formula is C49H48Cl2Zr-4. The maximum atomic E-state index is 3.38. The van der Waals surface area contributed by atoms with Crippen molar-refractivity contribution in [3.63, 3.8) is 0 Å².